The van der Waals surface area contributed by atoms with Crippen LogP contribution >= 0.6 is 0 Å². The minimum atomic E-state index is -4.42. The van der Waals surface area contributed by atoms with Gasteiger partial charge in [-0.1, -0.05) is 37.3 Å². The molecule has 0 N–H and O–H groups in total. The van der Waals surface area contributed by atoms with Crippen LogP contribution in [0.25, 0.3) is 0 Å². The van der Waals surface area contributed by atoms with Crippen LogP contribution in [0.1, 0.15) is 12.5 Å². The molecule has 4 heteroatoms. The molecule has 0 aliphatic carbocycles. The van der Waals surface area contributed by atoms with Crippen LogP contribution in [-0.4, -0.2) is 14.0 Å². The highest BCUT2D eigenvalue weighted by Crippen LogP contribution is 2.37. The standard InChI is InChI=1S/C9H8BF3/c1-8(10,9(11,12)13)7-5-3-2-4-6-7/h2-6H,1H3. The minimum Gasteiger partial charge on any atom is -0.171 e. The maximum Gasteiger partial charge on any atom is 0.390 e. The van der Waals surface area contributed by atoms with Gasteiger partial charge < -0.3 is 0 Å². The Morgan fingerprint density at radius 1 is 1.08 bits per heavy atom. The van der Waals surface area contributed by atoms with Gasteiger partial charge in [0.15, 0.2) is 0 Å². The Morgan fingerprint density at radius 3 is 1.92 bits per heavy atom. The summed E-state index contributed by atoms with van der Waals surface area (Å²) in [5.41, 5.74) is 0.0718. The van der Waals surface area contributed by atoms with Gasteiger partial charge in [0.05, 0.1) is 7.85 Å². The first kappa shape index (κ1) is 10.2. The van der Waals surface area contributed by atoms with E-state index in [0.29, 0.717) is 0 Å². The first-order valence-electron chi connectivity index (χ1n) is 3.77. The van der Waals surface area contributed by atoms with E-state index in [-0.39, 0.29) is 5.56 Å². The van der Waals surface area contributed by atoms with Crippen molar-refractivity contribution in [2.75, 3.05) is 0 Å². The molecule has 0 amide bonds. The van der Waals surface area contributed by atoms with Crippen LogP contribution < -0.4 is 0 Å². The molecule has 1 aromatic carbocycles. The highest BCUT2D eigenvalue weighted by Gasteiger charge is 2.47. The lowest BCUT2D eigenvalue weighted by Gasteiger charge is -2.28. The Hall–Kier alpha value is -0.925. The third-order valence-corrected chi connectivity index (χ3v) is 1.96. The summed E-state index contributed by atoms with van der Waals surface area (Å²) in [7, 11) is 5.19. The Bertz CT molecular complexity index is 277. The highest BCUT2D eigenvalue weighted by molar-refractivity contribution is 6.16. The Balaban J connectivity index is 3.08. The van der Waals surface area contributed by atoms with Crippen LogP contribution in [0.4, 0.5) is 13.2 Å². The molecule has 0 spiro atoms. The smallest absolute Gasteiger partial charge is 0.171 e. The topological polar surface area (TPSA) is 0 Å². The van der Waals surface area contributed by atoms with Gasteiger partial charge in [-0.2, -0.15) is 13.2 Å². The molecule has 1 atom stereocenters. The van der Waals surface area contributed by atoms with Gasteiger partial charge in [0.1, 0.15) is 0 Å². The summed E-state index contributed by atoms with van der Waals surface area (Å²) in [6.07, 6.45) is -4.42. The maximum atomic E-state index is 12.4. The van der Waals surface area contributed by atoms with Crippen LogP contribution in [0.3, 0.4) is 0 Å². The normalized spacial score (nSPS) is 16.6. The fraction of sp³-hybridized carbons (Fsp3) is 0.333. The SMILES string of the molecule is [B]C(C)(c1ccccc1)C(F)(F)F. The first-order chi connectivity index (χ1) is 5.86. The molecule has 0 heterocycles. The Labute approximate surface area is 76.2 Å². The van der Waals surface area contributed by atoms with Gasteiger partial charge in [0, 0.05) is 5.31 Å². The molecule has 0 aromatic heterocycles. The van der Waals surface area contributed by atoms with E-state index in [9.17, 15) is 13.2 Å². The average Bonchev–Trinajstić information content (AvgIpc) is 2.04. The quantitative estimate of drug-likeness (QED) is 0.588. The van der Waals surface area contributed by atoms with Crippen molar-refractivity contribution >= 4 is 7.85 Å². The number of alkyl halides is 3. The van der Waals surface area contributed by atoms with E-state index in [1.807, 2.05) is 0 Å². The van der Waals surface area contributed by atoms with Gasteiger partial charge >= 0.3 is 6.18 Å². The maximum absolute atomic E-state index is 12.4. The van der Waals surface area contributed by atoms with Crippen LogP contribution in [0.15, 0.2) is 30.3 Å². The summed E-state index contributed by atoms with van der Waals surface area (Å²) in [5.74, 6) is 0. The third kappa shape index (κ3) is 1.87. The van der Waals surface area contributed by atoms with Crippen molar-refractivity contribution in [1.82, 2.24) is 0 Å². The molecule has 0 aliphatic heterocycles. The van der Waals surface area contributed by atoms with E-state index in [2.05, 4.69) is 0 Å². The molecule has 1 rings (SSSR count). The summed E-state index contributed by atoms with van der Waals surface area (Å²) < 4.78 is 37.2. The predicted octanol–water partition coefficient (Wildman–Crippen LogP) is 2.63. The molecule has 13 heavy (non-hydrogen) atoms. The van der Waals surface area contributed by atoms with Gasteiger partial charge in [-0.3, -0.25) is 0 Å². The van der Waals surface area contributed by atoms with Crippen molar-refractivity contribution in [3.8, 4) is 0 Å². The van der Waals surface area contributed by atoms with Crippen molar-refractivity contribution in [1.29, 1.82) is 0 Å². The van der Waals surface area contributed by atoms with Gasteiger partial charge in [-0.05, 0) is 5.56 Å². The molecule has 0 fully saturated rings. The lowest BCUT2D eigenvalue weighted by molar-refractivity contribution is -0.160. The molecule has 0 aliphatic rings. The Kier molecular flexibility index (Phi) is 2.41. The first-order valence-corrected chi connectivity index (χ1v) is 3.77. The van der Waals surface area contributed by atoms with Crippen molar-refractivity contribution in [3.63, 3.8) is 0 Å². The van der Waals surface area contributed by atoms with E-state index >= 15 is 0 Å². The lowest BCUT2D eigenvalue weighted by atomic mass is 9.65. The second-order valence-electron chi connectivity index (χ2n) is 3.07. The highest BCUT2D eigenvalue weighted by atomic mass is 19.4. The Morgan fingerprint density at radius 2 is 1.54 bits per heavy atom. The molecule has 0 saturated carbocycles. The van der Waals surface area contributed by atoms with E-state index in [1.165, 1.54) is 24.3 Å². The molecule has 68 valence electrons. The number of halogens is 3. The zero-order valence-electron chi connectivity index (χ0n) is 7.10. The van der Waals surface area contributed by atoms with Crippen LogP contribution in [0.2, 0.25) is 0 Å². The number of hydrogen-bond donors (Lipinski definition) is 0. The molecule has 2 radical (unpaired) electrons. The molecular weight excluding hydrogens is 176 g/mol. The van der Waals surface area contributed by atoms with Crippen LogP contribution in [0, 0.1) is 0 Å². The van der Waals surface area contributed by atoms with Crippen LogP contribution in [-0.2, 0) is 5.31 Å². The van der Waals surface area contributed by atoms with Gasteiger partial charge in [0.25, 0.3) is 0 Å². The van der Waals surface area contributed by atoms with E-state index in [1.54, 1.807) is 6.07 Å². The second kappa shape index (κ2) is 3.09. The predicted molar refractivity (Wildman–Crippen MR) is 45.6 cm³/mol. The molecule has 0 bridgehead atoms. The zero-order valence-corrected chi connectivity index (χ0v) is 7.10. The lowest BCUT2D eigenvalue weighted by Crippen LogP contribution is -2.39. The second-order valence-corrected chi connectivity index (χ2v) is 3.07. The van der Waals surface area contributed by atoms with Crippen molar-refractivity contribution in [2.45, 2.75) is 18.4 Å². The summed E-state index contributed by atoms with van der Waals surface area (Å²) in [5, 5.41) is -2.27. The monoisotopic (exact) mass is 184 g/mol. The molecule has 0 nitrogen and oxygen atoms in total. The largest absolute Gasteiger partial charge is 0.390 e. The zero-order chi connectivity index (χ0) is 10.1. The summed E-state index contributed by atoms with van der Waals surface area (Å²) >= 11 is 0. The molecule has 0 saturated heterocycles. The van der Waals surface area contributed by atoms with Gasteiger partial charge in [-0.25, -0.2) is 0 Å². The van der Waals surface area contributed by atoms with Crippen molar-refractivity contribution in [3.05, 3.63) is 35.9 Å². The third-order valence-electron chi connectivity index (χ3n) is 1.96. The van der Waals surface area contributed by atoms with Crippen molar-refractivity contribution < 1.29 is 13.2 Å². The van der Waals surface area contributed by atoms with E-state index in [4.69, 9.17) is 7.85 Å². The fourth-order valence-corrected chi connectivity index (χ4v) is 0.948. The number of rotatable bonds is 1. The van der Waals surface area contributed by atoms with E-state index < -0.39 is 11.5 Å². The van der Waals surface area contributed by atoms with Gasteiger partial charge in [-0.15, -0.1) is 0 Å². The molecule has 1 unspecified atom stereocenters. The summed E-state index contributed by atoms with van der Waals surface area (Å²) in [6.45, 7) is 0.961. The van der Waals surface area contributed by atoms with Gasteiger partial charge in [0.2, 0.25) is 0 Å². The number of benzene rings is 1. The molecule has 1 aromatic rings. The van der Waals surface area contributed by atoms with Crippen LogP contribution in [0.5, 0.6) is 0 Å². The summed E-state index contributed by atoms with van der Waals surface area (Å²) in [4.78, 5) is 0. The van der Waals surface area contributed by atoms with E-state index in [0.717, 1.165) is 6.92 Å². The van der Waals surface area contributed by atoms with Crippen molar-refractivity contribution in [2.24, 2.45) is 0 Å². The average molecular weight is 184 g/mol. The minimum absolute atomic E-state index is 0.0718. The molecular formula is C9H8BF3. The number of hydrogen-bond acceptors (Lipinski definition) is 0. The fourth-order valence-electron chi connectivity index (χ4n) is 0.948. The summed E-state index contributed by atoms with van der Waals surface area (Å²) in [6, 6.07) is 7.45.